The van der Waals surface area contributed by atoms with Gasteiger partial charge in [0.25, 0.3) is 0 Å². The molecule has 2 aliphatic rings. The summed E-state index contributed by atoms with van der Waals surface area (Å²) in [5.41, 5.74) is 17.9. The van der Waals surface area contributed by atoms with Gasteiger partial charge < -0.3 is 9.64 Å². The summed E-state index contributed by atoms with van der Waals surface area (Å²) in [4.78, 5) is 2.34. The molecule has 0 radical (unpaired) electrons. The summed E-state index contributed by atoms with van der Waals surface area (Å²) in [6, 6.07) is 68.2. The van der Waals surface area contributed by atoms with Crippen LogP contribution in [0, 0.1) is 0 Å². The topological polar surface area (TPSA) is 12.5 Å². The van der Waals surface area contributed by atoms with Crippen LogP contribution in [0.5, 0.6) is 11.5 Å². The normalized spacial score (nSPS) is 14.1. The van der Waals surface area contributed by atoms with Gasteiger partial charge in [-0.25, -0.2) is 0 Å². The molecule has 0 saturated carbocycles. The van der Waals surface area contributed by atoms with E-state index in [9.17, 15) is 0 Å². The van der Waals surface area contributed by atoms with E-state index in [4.69, 9.17) is 4.74 Å². The van der Waals surface area contributed by atoms with Gasteiger partial charge in [0.05, 0.1) is 5.69 Å². The largest absolute Gasteiger partial charge is 0.455 e. The van der Waals surface area contributed by atoms with Crippen LogP contribution in [0.15, 0.2) is 188 Å². The molecule has 8 aromatic carbocycles. The standard InChI is InChI=1S/C54H43NO/c1-53(2)46-16-9-8-15-44(46)45-34-29-41(35-49(45)53)40-27-32-43(33-28-40)55(50-19-12-18-48-52(50)56-51-20-11-10-17-47(51)54(48,3)4)42-30-25-39(26-31-42)38-23-21-37(22-24-38)36-13-6-5-7-14-36/h5-35H,1-4H3. The van der Waals surface area contributed by atoms with E-state index in [1.165, 1.54) is 66.8 Å². The highest BCUT2D eigenvalue weighted by Gasteiger charge is 2.37. The minimum Gasteiger partial charge on any atom is -0.455 e. The Hall–Kier alpha value is -6.64. The van der Waals surface area contributed by atoms with E-state index in [1.54, 1.807) is 0 Å². The molecular weight excluding hydrogens is 679 g/mol. The summed E-state index contributed by atoms with van der Waals surface area (Å²) >= 11 is 0. The van der Waals surface area contributed by atoms with E-state index in [-0.39, 0.29) is 10.8 Å². The molecule has 0 fully saturated rings. The lowest BCUT2D eigenvalue weighted by atomic mass is 9.75. The first-order valence-electron chi connectivity index (χ1n) is 19.6. The molecule has 0 atom stereocenters. The smallest absolute Gasteiger partial charge is 0.155 e. The first kappa shape index (κ1) is 33.9. The maximum absolute atomic E-state index is 6.85. The van der Waals surface area contributed by atoms with Crippen molar-refractivity contribution in [1.82, 2.24) is 0 Å². The fourth-order valence-electron chi connectivity index (χ4n) is 9.03. The van der Waals surface area contributed by atoms with Gasteiger partial charge in [-0.05, 0) is 98.1 Å². The number of anilines is 3. The van der Waals surface area contributed by atoms with Crippen LogP contribution < -0.4 is 9.64 Å². The molecular formula is C54H43NO. The van der Waals surface area contributed by atoms with Crippen molar-refractivity contribution in [3.63, 3.8) is 0 Å². The Morgan fingerprint density at radius 2 is 0.821 bits per heavy atom. The molecule has 0 spiro atoms. The quantitative estimate of drug-likeness (QED) is 0.169. The average molecular weight is 722 g/mol. The SMILES string of the molecule is CC1(C)c2ccccc2-c2ccc(-c3ccc(N(c4ccc(-c5ccc(-c6ccccc6)cc5)cc4)c4cccc5c4Oc4ccccc4C5(C)C)cc3)cc21. The van der Waals surface area contributed by atoms with Crippen LogP contribution in [0.2, 0.25) is 0 Å². The fourth-order valence-corrected chi connectivity index (χ4v) is 9.03. The Balaban J connectivity index is 1.05. The number of hydrogen-bond donors (Lipinski definition) is 0. The maximum Gasteiger partial charge on any atom is 0.155 e. The van der Waals surface area contributed by atoms with Crippen LogP contribution >= 0.6 is 0 Å². The van der Waals surface area contributed by atoms with E-state index in [1.807, 2.05) is 0 Å². The van der Waals surface area contributed by atoms with Gasteiger partial charge in [-0.3, -0.25) is 0 Å². The molecule has 10 rings (SSSR count). The highest BCUT2D eigenvalue weighted by Crippen LogP contribution is 2.54. The zero-order valence-electron chi connectivity index (χ0n) is 32.3. The number of nitrogens with zero attached hydrogens (tertiary/aromatic N) is 1. The van der Waals surface area contributed by atoms with Gasteiger partial charge in [-0.15, -0.1) is 0 Å². The molecule has 0 aromatic heterocycles. The van der Waals surface area contributed by atoms with Gasteiger partial charge in [-0.1, -0.05) is 173 Å². The Morgan fingerprint density at radius 3 is 1.48 bits per heavy atom. The van der Waals surface area contributed by atoms with E-state index in [0.717, 1.165) is 28.6 Å². The van der Waals surface area contributed by atoms with Crippen LogP contribution in [-0.2, 0) is 10.8 Å². The van der Waals surface area contributed by atoms with Crippen molar-refractivity contribution >= 4 is 17.1 Å². The summed E-state index contributed by atoms with van der Waals surface area (Å²) in [5, 5.41) is 0. The molecule has 56 heavy (non-hydrogen) atoms. The van der Waals surface area contributed by atoms with E-state index < -0.39 is 0 Å². The van der Waals surface area contributed by atoms with E-state index in [2.05, 4.69) is 221 Å². The number of benzene rings is 8. The zero-order valence-corrected chi connectivity index (χ0v) is 32.3. The predicted molar refractivity (Wildman–Crippen MR) is 234 cm³/mol. The van der Waals surface area contributed by atoms with Crippen molar-refractivity contribution in [2.24, 2.45) is 0 Å². The third kappa shape index (κ3) is 5.47. The Bertz CT molecular complexity index is 2740. The molecule has 270 valence electrons. The molecule has 0 unspecified atom stereocenters. The number of hydrogen-bond acceptors (Lipinski definition) is 2. The van der Waals surface area contributed by atoms with Crippen molar-refractivity contribution in [3.8, 4) is 56.0 Å². The molecule has 8 aromatic rings. The van der Waals surface area contributed by atoms with E-state index >= 15 is 0 Å². The van der Waals surface area contributed by atoms with Crippen molar-refractivity contribution < 1.29 is 4.74 Å². The molecule has 1 heterocycles. The number of ether oxygens (including phenoxy) is 1. The third-order valence-electron chi connectivity index (χ3n) is 12.2. The average Bonchev–Trinajstić information content (AvgIpc) is 3.47. The molecule has 2 nitrogen and oxygen atoms in total. The summed E-state index contributed by atoms with van der Waals surface area (Å²) in [6.45, 7) is 9.28. The lowest BCUT2D eigenvalue weighted by molar-refractivity contribution is 0.419. The molecule has 2 heteroatoms. The molecule has 1 aliphatic carbocycles. The molecule has 0 saturated heterocycles. The number of para-hydroxylation sites is 2. The molecule has 0 amide bonds. The lowest BCUT2D eigenvalue weighted by Gasteiger charge is -2.37. The van der Waals surface area contributed by atoms with Gasteiger partial charge in [-0.2, -0.15) is 0 Å². The van der Waals surface area contributed by atoms with Crippen LogP contribution in [0.3, 0.4) is 0 Å². The van der Waals surface area contributed by atoms with Gasteiger partial charge >= 0.3 is 0 Å². The van der Waals surface area contributed by atoms with Crippen LogP contribution in [0.4, 0.5) is 17.1 Å². The number of rotatable bonds is 6. The van der Waals surface area contributed by atoms with Crippen molar-refractivity contribution in [3.05, 3.63) is 210 Å². The van der Waals surface area contributed by atoms with Crippen molar-refractivity contribution in [2.45, 2.75) is 38.5 Å². The van der Waals surface area contributed by atoms with Gasteiger partial charge in [0.2, 0.25) is 0 Å². The molecule has 0 bridgehead atoms. The predicted octanol–water partition coefficient (Wildman–Crippen LogP) is 14.9. The number of fused-ring (bicyclic) bond motifs is 5. The monoisotopic (exact) mass is 721 g/mol. The Kier molecular flexibility index (Phi) is 7.87. The summed E-state index contributed by atoms with van der Waals surface area (Å²) in [7, 11) is 0. The zero-order chi connectivity index (χ0) is 38.0. The van der Waals surface area contributed by atoms with Gasteiger partial charge in [0.15, 0.2) is 5.75 Å². The summed E-state index contributed by atoms with van der Waals surface area (Å²) in [6.07, 6.45) is 0. The van der Waals surface area contributed by atoms with Crippen LogP contribution in [-0.4, -0.2) is 0 Å². The highest BCUT2D eigenvalue weighted by atomic mass is 16.5. The Labute approximate surface area is 330 Å². The maximum atomic E-state index is 6.85. The highest BCUT2D eigenvalue weighted by molar-refractivity contribution is 5.86. The summed E-state index contributed by atoms with van der Waals surface area (Å²) < 4.78 is 6.85. The molecule has 0 N–H and O–H groups in total. The van der Waals surface area contributed by atoms with Gasteiger partial charge in [0, 0.05) is 33.3 Å². The third-order valence-corrected chi connectivity index (χ3v) is 12.2. The van der Waals surface area contributed by atoms with Crippen molar-refractivity contribution in [1.29, 1.82) is 0 Å². The lowest BCUT2D eigenvalue weighted by Crippen LogP contribution is -2.25. The first-order chi connectivity index (χ1) is 27.3. The second kappa shape index (κ2) is 13.0. The van der Waals surface area contributed by atoms with Gasteiger partial charge in [0.1, 0.15) is 5.75 Å². The minimum atomic E-state index is -0.230. The second-order valence-electron chi connectivity index (χ2n) is 16.2. The Morgan fingerprint density at radius 1 is 0.357 bits per heavy atom. The van der Waals surface area contributed by atoms with Crippen LogP contribution in [0.25, 0.3) is 44.5 Å². The molecule has 1 aliphatic heterocycles. The first-order valence-corrected chi connectivity index (χ1v) is 19.6. The summed E-state index contributed by atoms with van der Waals surface area (Å²) in [5.74, 6) is 1.80. The van der Waals surface area contributed by atoms with Crippen LogP contribution in [0.1, 0.15) is 49.9 Å². The van der Waals surface area contributed by atoms with Crippen molar-refractivity contribution in [2.75, 3.05) is 4.90 Å². The fraction of sp³-hybridized carbons (Fsp3) is 0.111. The minimum absolute atomic E-state index is 0.0480. The second-order valence-corrected chi connectivity index (χ2v) is 16.2. The van der Waals surface area contributed by atoms with E-state index in [0.29, 0.717) is 0 Å².